The number of aryl methyl sites for hydroxylation is 1. The van der Waals surface area contributed by atoms with Crippen molar-refractivity contribution >= 4 is 0 Å². The van der Waals surface area contributed by atoms with Crippen LogP contribution < -0.4 is 10.3 Å². The number of para-hydroxylation sites is 1. The van der Waals surface area contributed by atoms with Crippen molar-refractivity contribution in [3.63, 3.8) is 0 Å². The fraction of sp³-hybridized carbons (Fsp3) is 0.231. The average molecular weight is 228 g/mol. The Morgan fingerprint density at radius 2 is 2.24 bits per heavy atom. The maximum Gasteiger partial charge on any atom is 0.251 e. The van der Waals surface area contributed by atoms with Crippen molar-refractivity contribution in [1.82, 2.24) is 9.97 Å². The van der Waals surface area contributed by atoms with E-state index in [0.717, 1.165) is 17.0 Å². The van der Waals surface area contributed by atoms with Crippen molar-refractivity contribution in [2.45, 2.75) is 12.8 Å². The van der Waals surface area contributed by atoms with Crippen LogP contribution in [0.4, 0.5) is 0 Å². The van der Waals surface area contributed by atoms with E-state index in [1.807, 2.05) is 31.2 Å². The largest absolute Gasteiger partial charge is 0.492 e. The van der Waals surface area contributed by atoms with E-state index in [0.29, 0.717) is 12.4 Å². The summed E-state index contributed by atoms with van der Waals surface area (Å²) in [6, 6.07) is 9.34. The van der Waals surface area contributed by atoms with Gasteiger partial charge in [0.15, 0.2) is 0 Å². The molecule has 1 aliphatic rings. The van der Waals surface area contributed by atoms with Gasteiger partial charge < -0.3 is 9.72 Å². The lowest BCUT2D eigenvalue weighted by atomic mass is 10.0. The van der Waals surface area contributed by atoms with Crippen LogP contribution in [0.15, 0.2) is 35.1 Å². The highest BCUT2D eigenvalue weighted by atomic mass is 16.5. The smallest absolute Gasteiger partial charge is 0.251 e. The molecule has 0 amide bonds. The monoisotopic (exact) mass is 228 g/mol. The van der Waals surface area contributed by atoms with Crippen LogP contribution in [0.25, 0.3) is 0 Å². The van der Waals surface area contributed by atoms with Gasteiger partial charge in [0.25, 0.3) is 5.56 Å². The molecule has 1 unspecified atom stereocenters. The summed E-state index contributed by atoms with van der Waals surface area (Å²) in [6.07, 6.45) is 0. The Hall–Kier alpha value is -2.10. The fourth-order valence-corrected chi connectivity index (χ4v) is 2.16. The summed E-state index contributed by atoms with van der Waals surface area (Å²) >= 11 is 0. The maximum atomic E-state index is 11.4. The van der Waals surface area contributed by atoms with Gasteiger partial charge in [-0.3, -0.25) is 4.79 Å². The minimum atomic E-state index is -0.114. The van der Waals surface area contributed by atoms with Crippen LogP contribution in [0.1, 0.15) is 23.0 Å². The molecule has 2 aromatic rings. The van der Waals surface area contributed by atoms with Crippen LogP contribution in [0.5, 0.6) is 5.75 Å². The van der Waals surface area contributed by atoms with E-state index in [-0.39, 0.29) is 11.5 Å². The highest BCUT2D eigenvalue weighted by molar-refractivity contribution is 5.42. The molecule has 1 aliphatic heterocycles. The molecule has 86 valence electrons. The number of aromatic amines is 1. The quantitative estimate of drug-likeness (QED) is 0.806. The van der Waals surface area contributed by atoms with Crippen molar-refractivity contribution in [2.75, 3.05) is 6.61 Å². The predicted octanol–water partition coefficient (Wildman–Crippen LogP) is 1.60. The number of fused-ring (bicyclic) bond motifs is 1. The number of ether oxygens (including phenoxy) is 1. The molecule has 0 saturated carbocycles. The molecule has 1 aromatic heterocycles. The third kappa shape index (κ3) is 1.71. The van der Waals surface area contributed by atoms with Gasteiger partial charge in [-0.05, 0) is 13.0 Å². The van der Waals surface area contributed by atoms with Crippen LogP contribution >= 0.6 is 0 Å². The van der Waals surface area contributed by atoms with Gasteiger partial charge in [0, 0.05) is 17.3 Å². The number of aromatic nitrogens is 2. The van der Waals surface area contributed by atoms with Gasteiger partial charge in [-0.1, -0.05) is 18.2 Å². The lowest BCUT2D eigenvalue weighted by Crippen LogP contribution is -2.16. The standard InChI is InChI=1S/C13H12N2O2/c1-8-6-12(16)15-13(14-8)10-7-17-11-5-3-2-4-9(10)11/h2-6,10H,7H2,1H3,(H,14,15,16). The second-order valence-corrected chi connectivity index (χ2v) is 4.17. The zero-order valence-electron chi connectivity index (χ0n) is 9.43. The van der Waals surface area contributed by atoms with E-state index in [1.165, 1.54) is 6.07 Å². The molecule has 2 heterocycles. The Kier molecular flexibility index (Phi) is 2.21. The second kappa shape index (κ2) is 3.73. The molecular formula is C13H12N2O2. The Morgan fingerprint density at radius 3 is 3.06 bits per heavy atom. The van der Waals surface area contributed by atoms with Gasteiger partial charge >= 0.3 is 0 Å². The van der Waals surface area contributed by atoms with Gasteiger partial charge in [-0.15, -0.1) is 0 Å². The molecule has 0 spiro atoms. The summed E-state index contributed by atoms with van der Waals surface area (Å²) in [6.45, 7) is 2.35. The Labute approximate surface area is 98.3 Å². The van der Waals surface area contributed by atoms with Crippen LogP contribution in [0.3, 0.4) is 0 Å². The zero-order valence-corrected chi connectivity index (χ0v) is 9.43. The minimum Gasteiger partial charge on any atom is -0.492 e. The molecule has 1 atom stereocenters. The van der Waals surface area contributed by atoms with E-state index in [1.54, 1.807) is 0 Å². The molecule has 0 bridgehead atoms. The lowest BCUT2D eigenvalue weighted by Gasteiger charge is -2.08. The summed E-state index contributed by atoms with van der Waals surface area (Å²) < 4.78 is 5.58. The number of rotatable bonds is 1. The van der Waals surface area contributed by atoms with E-state index < -0.39 is 0 Å². The van der Waals surface area contributed by atoms with Gasteiger partial charge in [0.2, 0.25) is 0 Å². The first-order chi connectivity index (χ1) is 8.24. The number of benzene rings is 1. The van der Waals surface area contributed by atoms with Crippen molar-refractivity contribution in [3.8, 4) is 5.75 Å². The first-order valence-corrected chi connectivity index (χ1v) is 5.53. The highest BCUT2D eigenvalue weighted by Crippen LogP contribution is 2.35. The second-order valence-electron chi connectivity index (χ2n) is 4.17. The third-order valence-corrected chi connectivity index (χ3v) is 2.92. The molecule has 0 radical (unpaired) electrons. The van der Waals surface area contributed by atoms with Crippen molar-refractivity contribution in [1.29, 1.82) is 0 Å². The lowest BCUT2D eigenvalue weighted by molar-refractivity contribution is 0.339. The van der Waals surface area contributed by atoms with Gasteiger partial charge in [0.05, 0.1) is 5.92 Å². The molecule has 4 nitrogen and oxygen atoms in total. The van der Waals surface area contributed by atoms with E-state index >= 15 is 0 Å². The summed E-state index contributed by atoms with van der Waals surface area (Å²) in [5, 5.41) is 0. The zero-order chi connectivity index (χ0) is 11.8. The number of nitrogens with one attached hydrogen (secondary N) is 1. The van der Waals surface area contributed by atoms with Crippen LogP contribution in [-0.4, -0.2) is 16.6 Å². The summed E-state index contributed by atoms with van der Waals surface area (Å²) in [5.41, 5.74) is 1.70. The van der Waals surface area contributed by atoms with Crippen molar-refractivity contribution in [3.05, 3.63) is 57.8 Å². The average Bonchev–Trinajstić information content (AvgIpc) is 2.71. The maximum absolute atomic E-state index is 11.4. The van der Waals surface area contributed by atoms with E-state index in [9.17, 15) is 4.79 Å². The van der Waals surface area contributed by atoms with Crippen molar-refractivity contribution < 1.29 is 4.74 Å². The summed E-state index contributed by atoms with van der Waals surface area (Å²) in [7, 11) is 0. The molecule has 1 aromatic carbocycles. The number of nitrogens with zero attached hydrogens (tertiary/aromatic N) is 1. The van der Waals surface area contributed by atoms with Crippen LogP contribution in [0.2, 0.25) is 0 Å². The molecule has 3 rings (SSSR count). The molecule has 1 N–H and O–H groups in total. The number of hydrogen-bond acceptors (Lipinski definition) is 3. The molecular weight excluding hydrogens is 216 g/mol. The highest BCUT2D eigenvalue weighted by Gasteiger charge is 2.27. The fourth-order valence-electron chi connectivity index (χ4n) is 2.16. The summed E-state index contributed by atoms with van der Waals surface area (Å²) in [4.78, 5) is 18.6. The first kappa shape index (κ1) is 10.1. The third-order valence-electron chi connectivity index (χ3n) is 2.92. The molecule has 0 fully saturated rings. The van der Waals surface area contributed by atoms with Crippen LogP contribution in [0, 0.1) is 6.92 Å². The topological polar surface area (TPSA) is 55.0 Å². The minimum absolute atomic E-state index is 0.0267. The van der Waals surface area contributed by atoms with E-state index in [4.69, 9.17) is 4.74 Å². The number of H-pyrrole nitrogens is 1. The van der Waals surface area contributed by atoms with Gasteiger partial charge in [0.1, 0.15) is 18.2 Å². The number of hydrogen-bond donors (Lipinski definition) is 1. The summed E-state index contributed by atoms with van der Waals surface area (Å²) in [5.74, 6) is 1.58. The van der Waals surface area contributed by atoms with Gasteiger partial charge in [-0.25, -0.2) is 4.98 Å². The van der Waals surface area contributed by atoms with Crippen LogP contribution in [-0.2, 0) is 0 Å². The molecule has 0 saturated heterocycles. The molecule has 17 heavy (non-hydrogen) atoms. The van der Waals surface area contributed by atoms with Gasteiger partial charge in [-0.2, -0.15) is 0 Å². The molecule has 4 heteroatoms. The normalized spacial score (nSPS) is 17.6. The Balaban J connectivity index is 2.10. The Morgan fingerprint density at radius 1 is 1.41 bits per heavy atom. The first-order valence-electron chi connectivity index (χ1n) is 5.53. The Bertz CT molecular complexity index is 619. The predicted molar refractivity (Wildman–Crippen MR) is 63.4 cm³/mol. The van der Waals surface area contributed by atoms with Crippen molar-refractivity contribution in [2.24, 2.45) is 0 Å². The SMILES string of the molecule is Cc1cc(=O)[nH]c(C2COc3ccccc32)n1. The van der Waals surface area contributed by atoms with E-state index in [2.05, 4.69) is 9.97 Å². The molecule has 0 aliphatic carbocycles.